The molecular formula is C12H13NO2. The van der Waals surface area contributed by atoms with Gasteiger partial charge in [-0.2, -0.15) is 0 Å². The number of benzene rings is 1. The highest BCUT2D eigenvalue weighted by molar-refractivity contribution is 5.94. The molecule has 0 saturated carbocycles. The average molecular weight is 203 g/mol. The van der Waals surface area contributed by atoms with E-state index in [9.17, 15) is 4.79 Å². The number of amides is 1. The van der Waals surface area contributed by atoms with Gasteiger partial charge in [0, 0.05) is 12.0 Å². The van der Waals surface area contributed by atoms with Crippen LogP contribution in [0.5, 0.6) is 0 Å². The second-order valence-electron chi connectivity index (χ2n) is 3.74. The summed E-state index contributed by atoms with van der Waals surface area (Å²) in [5.41, 5.74) is 0.0571. The second-order valence-corrected chi connectivity index (χ2v) is 3.74. The molecule has 3 nitrogen and oxygen atoms in total. The van der Waals surface area contributed by atoms with Crippen molar-refractivity contribution in [1.82, 2.24) is 5.32 Å². The molecule has 2 rings (SSSR count). The zero-order valence-corrected chi connectivity index (χ0v) is 8.57. The molecule has 0 radical (unpaired) electrons. The molecule has 1 heterocycles. The first-order valence-corrected chi connectivity index (χ1v) is 4.90. The first kappa shape index (κ1) is 9.77. The van der Waals surface area contributed by atoms with Crippen LogP contribution < -0.4 is 5.32 Å². The smallest absolute Gasteiger partial charge is 0.254 e. The van der Waals surface area contributed by atoms with Gasteiger partial charge >= 0.3 is 0 Å². The van der Waals surface area contributed by atoms with E-state index in [1.54, 1.807) is 18.4 Å². The summed E-state index contributed by atoms with van der Waals surface area (Å²) in [5, 5.41) is 2.85. The Morgan fingerprint density at radius 2 is 2.13 bits per heavy atom. The number of carbonyl (C=O) groups excluding carboxylic acids is 1. The third kappa shape index (κ3) is 2.18. The third-order valence-electron chi connectivity index (χ3n) is 2.35. The van der Waals surface area contributed by atoms with Crippen LogP contribution in [0.1, 0.15) is 23.7 Å². The van der Waals surface area contributed by atoms with Gasteiger partial charge in [0.2, 0.25) is 0 Å². The lowest BCUT2D eigenvalue weighted by Gasteiger charge is -2.24. The van der Waals surface area contributed by atoms with E-state index in [0.29, 0.717) is 12.0 Å². The van der Waals surface area contributed by atoms with Crippen LogP contribution >= 0.6 is 0 Å². The van der Waals surface area contributed by atoms with Crippen molar-refractivity contribution >= 4 is 5.91 Å². The molecular weight excluding hydrogens is 190 g/mol. The molecule has 78 valence electrons. The first-order chi connectivity index (χ1) is 7.20. The number of nitrogens with one attached hydrogen (secondary N) is 1. The molecule has 0 fully saturated rings. The van der Waals surface area contributed by atoms with Crippen LogP contribution in [-0.2, 0) is 4.74 Å². The van der Waals surface area contributed by atoms with Crippen molar-refractivity contribution in [1.29, 1.82) is 0 Å². The van der Waals surface area contributed by atoms with Gasteiger partial charge in [0.1, 0.15) is 0 Å². The molecule has 0 saturated heterocycles. The predicted molar refractivity (Wildman–Crippen MR) is 57.2 cm³/mol. The van der Waals surface area contributed by atoms with Crippen molar-refractivity contribution < 1.29 is 9.53 Å². The van der Waals surface area contributed by atoms with Crippen molar-refractivity contribution in [2.45, 2.75) is 19.1 Å². The number of hydrogen-bond acceptors (Lipinski definition) is 2. The maximum absolute atomic E-state index is 11.8. The van der Waals surface area contributed by atoms with E-state index >= 15 is 0 Å². The van der Waals surface area contributed by atoms with E-state index in [4.69, 9.17) is 4.74 Å². The van der Waals surface area contributed by atoms with Crippen molar-refractivity contribution in [2.75, 3.05) is 0 Å². The van der Waals surface area contributed by atoms with E-state index in [-0.39, 0.29) is 5.91 Å². The molecule has 0 spiro atoms. The van der Waals surface area contributed by atoms with Gasteiger partial charge in [-0.1, -0.05) is 18.2 Å². The van der Waals surface area contributed by atoms with Gasteiger partial charge in [-0.25, -0.2) is 0 Å². The molecule has 1 amide bonds. The number of ether oxygens (including phenoxy) is 1. The Balaban J connectivity index is 2.04. The highest BCUT2D eigenvalue weighted by atomic mass is 16.5. The van der Waals surface area contributed by atoms with Gasteiger partial charge in [-0.05, 0) is 25.1 Å². The summed E-state index contributed by atoms with van der Waals surface area (Å²) in [6, 6.07) is 9.12. The highest BCUT2D eigenvalue weighted by Gasteiger charge is 2.29. The molecule has 1 aromatic carbocycles. The Morgan fingerprint density at radius 3 is 2.73 bits per heavy atom. The van der Waals surface area contributed by atoms with E-state index in [1.807, 2.05) is 31.2 Å². The fourth-order valence-corrected chi connectivity index (χ4v) is 1.50. The molecule has 1 aromatic rings. The Hall–Kier alpha value is -1.77. The number of hydrogen-bond donors (Lipinski definition) is 1. The van der Waals surface area contributed by atoms with Gasteiger partial charge in [0.15, 0.2) is 5.72 Å². The van der Waals surface area contributed by atoms with Gasteiger partial charge in [0.05, 0.1) is 6.26 Å². The summed E-state index contributed by atoms with van der Waals surface area (Å²) >= 11 is 0. The van der Waals surface area contributed by atoms with Gasteiger partial charge in [-0.15, -0.1) is 0 Å². The molecule has 0 aliphatic carbocycles. The number of rotatable bonds is 2. The van der Waals surface area contributed by atoms with Crippen LogP contribution in [0.2, 0.25) is 0 Å². The third-order valence-corrected chi connectivity index (χ3v) is 2.35. The van der Waals surface area contributed by atoms with Crippen molar-refractivity contribution in [3.63, 3.8) is 0 Å². The minimum atomic E-state index is -0.590. The first-order valence-electron chi connectivity index (χ1n) is 4.90. The van der Waals surface area contributed by atoms with Crippen LogP contribution in [0.25, 0.3) is 0 Å². The second kappa shape index (κ2) is 3.77. The normalized spacial score (nSPS) is 23.5. The highest BCUT2D eigenvalue weighted by Crippen LogP contribution is 2.19. The minimum absolute atomic E-state index is 0.109. The summed E-state index contributed by atoms with van der Waals surface area (Å²) in [6.45, 7) is 1.86. The van der Waals surface area contributed by atoms with E-state index < -0.39 is 5.72 Å². The molecule has 1 unspecified atom stereocenters. The largest absolute Gasteiger partial charge is 0.476 e. The SMILES string of the molecule is CC1(NC(=O)c2ccccc2)CC=CO1. The monoisotopic (exact) mass is 203 g/mol. The van der Waals surface area contributed by atoms with Crippen LogP contribution in [0.3, 0.4) is 0 Å². The lowest BCUT2D eigenvalue weighted by molar-refractivity contribution is 0.0269. The zero-order valence-electron chi connectivity index (χ0n) is 8.57. The topological polar surface area (TPSA) is 38.3 Å². The summed E-state index contributed by atoms with van der Waals surface area (Å²) in [5.74, 6) is -0.109. The van der Waals surface area contributed by atoms with Gasteiger partial charge in [0.25, 0.3) is 5.91 Å². The van der Waals surface area contributed by atoms with E-state index in [1.165, 1.54) is 0 Å². The molecule has 1 N–H and O–H groups in total. The molecule has 1 aliphatic heterocycles. The zero-order chi connectivity index (χ0) is 10.7. The van der Waals surface area contributed by atoms with Crippen LogP contribution in [0.4, 0.5) is 0 Å². The van der Waals surface area contributed by atoms with E-state index in [0.717, 1.165) is 0 Å². The Morgan fingerprint density at radius 1 is 1.40 bits per heavy atom. The molecule has 1 atom stereocenters. The van der Waals surface area contributed by atoms with E-state index in [2.05, 4.69) is 5.32 Å². The summed E-state index contributed by atoms with van der Waals surface area (Å²) in [6.07, 6.45) is 4.21. The molecule has 3 heteroatoms. The lowest BCUT2D eigenvalue weighted by Crippen LogP contribution is -2.45. The summed E-state index contributed by atoms with van der Waals surface area (Å²) in [4.78, 5) is 11.8. The Kier molecular flexibility index (Phi) is 2.46. The van der Waals surface area contributed by atoms with Gasteiger partial charge in [-0.3, -0.25) is 4.79 Å². The predicted octanol–water partition coefficient (Wildman–Crippen LogP) is 2.07. The molecule has 1 aliphatic rings. The molecule has 0 aromatic heterocycles. The molecule has 15 heavy (non-hydrogen) atoms. The van der Waals surface area contributed by atoms with Crippen LogP contribution in [-0.4, -0.2) is 11.6 Å². The maximum Gasteiger partial charge on any atom is 0.254 e. The standard InChI is InChI=1S/C12H13NO2/c1-12(8-5-9-15-12)13-11(14)10-6-3-2-4-7-10/h2-7,9H,8H2,1H3,(H,13,14). The van der Waals surface area contributed by atoms with Crippen molar-refractivity contribution in [3.8, 4) is 0 Å². The van der Waals surface area contributed by atoms with Gasteiger partial charge < -0.3 is 10.1 Å². The average Bonchev–Trinajstić information content (AvgIpc) is 2.66. The van der Waals surface area contributed by atoms with Crippen LogP contribution in [0, 0.1) is 0 Å². The summed E-state index contributed by atoms with van der Waals surface area (Å²) in [7, 11) is 0. The summed E-state index contributed by atoms with van der Waals surface area (Å²) < 4.78 is 5.32. The fraction of sp³-hybridized carbons (Fsp3) is 0.250. The van der Waals surface area contributed by atoms with Crippen molar-refractivity contribution in [2.24, 2.45) is 0 Å². The fourth-order valence-electron chi connectivity index (χ4n) is 1.50. The quantitative estimate of drug-likeness (QED) is 0.799. The molecule has 0 bridgehead atoms. The maximum atomic E-state index is 11.8. The minimum Gasteiger partial charge on any atom is -0.476 e. The van der Waals surface area contributed by atoms with Crippen LogP contribution in [0.15, 0.2) is 42.7 Å². The lowest BCUT2D eigenvalue weighted by atomic mass is 10.1. The Bertz CT molecular complexity index is 376. The Labute approximate surface area is 88.8 Å². The van der Waals surface area contributed by atoms with Crippen molar-refractivity contribution in [3.05, 3.63) is 48.2 Å². The number of carbonyl (C=O) groups is 1.